The molecule has 1 nitrogen and oxygen atoms in total. The highest BCUT2D eigenvalue weighted by Crippen LogP contribution is 2.25. The van der Waals surface area contributed by atoms with Gasteiger partial charge in [-0.05, 0) is 19.1 Å². The van der Waals surface area contributed by atoms with Gasteiger partial charge in [0.2, 0.25) is 0 Å². The summed E-state index contributed by atoms with van der Waals surface area (Å²) in [5, 5.41) is 0.771. The zero-order valence-corrected chi connectivity index (χ0v) is 7.82. The van der Waals surface area contributed by atoms with Crippen LogP contribution >= 0.6 is 23.2 Å². The maximum absolute atomic E-state index is 11.2. The van der Waals surface area contributed by atoms with Gasteiger partial charge in [0, 0.05) is 6.42 Å². The first-order valence-electron chi connectivity index (χ1n) is 3.43. The molecule has 0 atom stereocenters. The quantitative estimate of drug-likeness (QED) is 0.671. The molecule has 0 spiro atoms. The van der Waals surface area contributed by atoms with Crippen molar-refractivity contribution in [2.45, 2.75) is 6.42 Å². The highest BCUT2D eigenvalue weighted by molar-refractivity contribution is 6.39. The molecule has 0 heterocycles. The summed E-state index contributed by atoms with van der Waals surface area (Å²) in [7, 11) is 0. The molecule has 1 aromatic rings. The van der Waals surface area contributed by atoms with E-state index < -0.39 is 0 Å². The Balaban J connectivity index is 3.21. The van der Waals surface area contributed by atoms with Crippen molar-refractivity contribution >= 4 is 29.0 Å². The molecule has 0 aromatic heterocycles. The molecular weight excluding hydrogens is 195 g/mol. The minimum absolute atomic E-state index is 0.134. The molecule has 0 amide bonds. The number of Topliss-reactive ketones (excluding diaryl/α,β-unsaturated/α-hetero) is 1. The van der Waals surface area contributed by atoms with Gasteiger partial charge in [0.15, 0.2) is 5.78 Å². The maximum atomic E-state index is 11.2. The van der Waals surface area contributed by atoms with E-state index in [1.54, 1.807) is 18.2 Å². The SMILES string of the molecule is [CH2]CC(=O)c1c(Cl)cccc1Cl. The molecule has 1 radical (unpaired) electrons. The molecule has 0 bridgehead atoms. The van der Waals surface area contributed by atoms with Gasteiger partial charge in [-0.3, -0.25) is 4.79 Å². The van der Waals surface area contributed by atoms with Crippen molar-refractivity contribution in [2.24, 2.45) is 0 Å². The number of hydrogen-bond donors (Lipinski definition) is 0. The molecule has 1 aromatic carbocycles. The number of carbonyl (C=O) groups excluding carboxylic acids is 1. The summed E-state index contributed by atoms with van der Waals surface area (Å²) >= 11 is 11.5. The second-order valence-electron chi connectivity index (χ2n) is 2.27. The molecule has 0 N–H and O–H groups in total. The van der Waals surface area contributed by atoms with E-state index in [2.05, 4.69) is 6.92 Å². The fraction of sp³-hybridized carbons (Fsp3) is 0.111. The Morgan fingerprint density at radius 2 is 1.83 bits per heavy atom. The van der Waals surface area contributed by atoms with Crippen LogP contribution < -0.4 is 0 Å². The van der Waals surface area contributed by atoms with E-state index in [1.165, 1.54) is 0 Å². The third kappa shape index (κ3) is 1.79. The number of carbonyl (C=O) groups is 1. The van der Waals surface area contributed by atoms with E-state index in [-0.39, 0.29) is 12.2 Å². The van der Waals surface area contributed by atoms with E-state index in [4.69, 9.17) is 23.2 Å². The van der Waals surface area contributed by atoms with Gasteiger partial charge in [-0.2, -0.15) is 0 Å². The summed E-state index contributed by atoms with van der Waals surface area (Å²) in [4.78, 5) is 11.2. The molecule has 0 aliphatic carbocycles. The van der Waals surface area contributed by atoms with Gasteiger partial charge < -0.3 is 0 Å². The Bertz CT molecular complexity index is 287. The Hall–Kier alpha value is -0.530. The summed E-state index contributed by atoms with van der Waals surface area (Å²) in [6.45, 7) is 3.48. The largest absolute Gasteiger partial charge is 0.294 e. The molecule has 0 unspecified atom stereocenters. The van der Waals surface area contributed by atoms with E-state index >= 15 is 0 Å². The monoisotopic (exact) mass is 201 g/mol. The fourth-order valence-electron chi connectivity index (χ4n) is 0.889. The molecule has 0 saturated heterocycles. The van der Waals surface area contributed by atoms with Crippen molar-refractivity contribution < 1.29 is 4.79 Å². The molecule has 63 valence electrons. The molecule has 0 aliphatic heterocycles. The average molecular weight is 202 g/mol. The zero-order valence-electron chi connectivity index (χ0n) is 6.31. The summed E-state index contributed by atoms with van der Waals surface area (Å²) < 4.78 is 0. The molecule has 0 fully saturated rings. The van der Waals surface area contributed by atoms with Crippen molar-refractivity contribution in [3.63, 3.8) is 0 Å². The van der Waals surface area contributed by atoms with Crippen molar-refractivity contribution in [3.8, 4) is 0 Å². The molecule has 12 heavy (non-hydrogen) atoms. The fourth-order valence-corrected chi connectivity index (χ4v) is 1.50. The average Bonchev–Trinajstić information content (AvgIpc) is 2.03. The van der Waals surface area contributed by atoms with E-state index in [9.17, 15) is 4.79 Å². The topological polar surface area (TPSA) is 17.1 Å². The second kappa shape index (κ2) is 3.92. The second-order valence-corrected chi connectivity index (χ2v) is 3.08. The van der Waals surface area contributed by atoms with Crippen LogP contribution in [-0.2, 0) is 0 Å². The van der Waals surface area contributed by atoms with Crippen LogP contribution in [0, 0.1) is 6.92 Å². The lowest BCUT2D eigenvalue weighted by atomic mass is 10.1. The molecule has 1 rings (SSSR count). The van der Waals surface area contributed by atoms with Gasteiger partial charge in [0.1, 0.15) is 0 Å². The number of rotatable bonds is 2. The van der Waals surface area contributed by atoms with Crippen molar-refractivity contribution in [1.29, 1.82) is 0 Å². The summed E-state index contributed by atoms with van der Waals surface area (Å²) in [5.41, 5.74) is 0.371. The molecule has 3 heteroatoms. The van der Waals surface area contributed by atoms with Gasteiger partial charge >= 0.3 is 0 Å². The summed E-state index contributed by atoms with van der Waals surface area (Å²) in [6.07, 6.45) is 0.170. The number of hydrogen-bond acceptors (Lipinski definition) is 1. The highest BCUT2D eigenvalue weighted by Gasteiger charge is 2.11. The van der Waals surface area contributed by atoms with Crippen LogP contribution in [0.25, 0.3) is 0 Å². The Labute approximate surface area is 81.3 Å². The van der Waals surface area contributed by atoms with Crippen LogP contribution in [0.15, 0.2) is 18.2 Å². The van der Waals surface area contributed by atoms with Crippen LogP contribution in [-0.4, -0.2) is 5.78 Å². The third-order valence-corrected chi connectivity index (χ3v) is 2.10. The van der Waals surface area contributed by atoms with E-state index in [1.807, 2.05) is 0 Å². The lowest BCUT2D eigenvalue weighted by Crippen LogP contribution is -1.98. The first-order chi connectivity index (χ1) is 5.66. The first-order valence-corrected chi connectivity index (χ1v) is 4.19. The summed E-state index contributed by atoms with van der Waals surface area (Å²) in [6, 6.07) is 4.97. The zero-order chi connectivity index (χ0) is 9.14. The third-order valence-electron chi connectivity index (χ3n) is 1.47. The normalized spacial score (nSPS) is 9.92. The lowest BCUT2D eigenvalue weighted by Gasteiger charge is -2.02. The lowest BCUT2D eigenvalue weighted by molar-refractivity contribution is 0.0995. The Morgan fingerprint density at radius 3 is 2.25 bits per heavy atom. The van der Waals surface area contributed by atoms with Gasteiger partial charge in [-0.25, -0.2) is 0 Å². The molecular formula is C9H7Cl2O. The highest BCUT2D eigenvalue weighted by atomic mass is 35.5. The molecule has 0 aliphatic rings. The van der Waals surface area contributed by atoms with Crippen molar-refractivity contribution in [3.05, 3.63) is 40.7 Å². The molecule has 0 saturated carbocycles. The first kappa shape index (κ1) is 9.56. The predicted molar refractivity (Wildman–Crippen MR) is 50.8 cm³/mol. The van der Waals surface area contributed by atoms with Gasteiger partial charge in [0.05, 0.1) is 15.6 Å². The summed E-state index contributed by atoms with van der Waals surface area (Å²) in [5.74, 6) is -0.134. The Morgan fingerprint density at radius 1 is 1.33 bits per heavy atom. The predicted octanol–water partition coefficient (Wildman–Crippen LogP) is 3.40. The van der Waals surface area contributed by atoms with E-state index in [0.29, 0.717) is 15.6 Å². The van der Waals surface area contributed by atoms with Crippen LogP contribution in [0.1, 0.15) is 16.8 Å². The van der Waals surface area contributed by atoms with Crippen LogP contribution in [0.4, 0.5) is 0 Å². The Kier molecular flexibility index (Phi) is 3.12. The number of ketones is 1. The number of benzene rings is 1. The van der Waals surface area contributed by atoms with Crippen molar-refractivity contribution in [2.75, 3.05) is 0 Å². The van der Waals surface area contributed by atoms with Gasteiger partial charge in [-0.15, -0.1) is 0 Å². The van der Waals surface area contributed by atoms with Crippen LogP contribution in [0.5, 0.6) is 0 Å². The van der Waals surface area contributed by atoms with Crippen molar-refractivity contribution in [1.82, 2.24) is 0 Å². The minimum atomic E-state index is -0.134. The van der Waals surface area contributed by atoms with E-state index in [0.717, 1.165) is 0 Å². The number of halogens is 2. The maximum Gasteiger partial charge on any atom is 0.165 e. The smallest absolute Gasteiger partial charge is 0.165 e. The van der Waals surface area contributed by atoms with Crippen LogP contribution in [0.2, 0.25) is 10.0 Å². The van der Waals surface area contributed by atoms with Gasteiger partial charge in [0.25, 0.3) is 0 Å². The van der Waals surface area contributed by atoms with Gasteiger partial charge in [-0.1, -0.05) is 29.3 Å². The minimum Gasteiger partial charge on any atom is -0.294 e. The standard InChI is InChI=1S/C9H7Cl2O/c1-2-8(12)9-6(10)4-3-5-7(9)11/h3-5H,1-2H2. The van der Waals surface area contributed by atoms with Crippen LogP contribution in [0.3, 0.4) is 0 Å².